The molecular weight excluding hydrogens is 324 g/mol. The second-order valence-electron chi connectivity index (χ2n) is 4.56. The number of carbonyl (C=O) groups excluding carboxylic acids is 1. The van der Waals surface area contributed by atoms with Crippen LogP contribution in [0.3, 0.4) is 0 Å². The van der Waals surface area contributed by atoms with E-state index in [0.29, 0.717) is 6.54 Å². The molecule has 2 heterocycles. The first-order chi connectivity index (χ1) is 9.16. The zero-order valence-electron chi connectivity index (χ0n) is 10.1. The monoisotopic (exact) mass is 336 g/mol. The molecule has 2 aromatic rings. The van der Waals surface area contributed by atoms with Gasteiger partial charge in [0.05, 0.1) is 9.83 Å². The van der Waals surface area contributed by atoms with Gasteiger partial charge in [0.1, 0.15) is 6.04 Å². The predicted octanol–water partition coefficient (Wildman–Crippen LogP) is 2.92. The van der Waals surface area contributed by atoms with Gasteiger partial charge in [0.15, 0.2) is 0 Å². The quantitative estimate of drug-likeness (QED) is 0.876. The summed E-state index contributed by atoms with van der Waals surface area (Å²) < 4.78 is 1.06. The number of benzene rings is 1. The van der Waals surface area contributed by atoms with E-state index in [1.54, 1.807) is 11.3 Å². The number of nitrogens with zero attached hydrogens (tertiary/aromatic N) is 1. The summed E-state index contributed by atoms with van der Waals surface area (Å²) in [5.41, 5.74) is 7.08. The minimum atomic E-state index is -0.408. The number of nitrogens with two attached hydrogens (primary N) is 1. The van der Waals surface area contributed by atoms with Crippen LogP contribution in [0.2, 0.25) is 0 Å². The van der Waals surface area contributed by atoms with Crippen LogP contribution < -0.4 is 5.73 Å². The first kappa shape index (κ1) is 12.8. The van der Waals surface area contributed by atoms with Gasteiger partial charge in [0.2, 0.25) is 5.91 Å². The van der Waals surface area contributed by atoms with E-state index in [2.05, 4.69) is 15.9 Å². The zero-order valence-corrected chi connectivity index (χ0v) is 12.5. The highest BCUT2D eigenvalue weighted by atomic mass is 79.9. The van der Waals surface area contributed by atoms with Crippen LogP contribution in [0, 0.1) is 0 Å². The molecule has 1 aliphatic heterocycles. The zero-order chi connectivity index (χ0) is 13.4. The molecule has 0 radical (unpaired) electrons. The molecule has 19 heavy (non-hydrogen) atoms. The highest BCUT2D eigenvalue weighted by molar-refractivity contribution is 9.11. The van der Waals surface area contributed by atoms with Crippen LogP contribution in [0.1, 0.15) is 16.5 Å². The lowest BCUT2D eigenvalue weighted by atomic mass is 9.93. The average Bonchev–Trinajstić information content (AvgIpc) is 2.85. The Hall–Kier alpha value is -1.17. The third-order valence-corrected chi connectivity index (χ3v) is 5.02. The molecular formula is C14H13BrN2OS. The van der Waals surface area contributed by atoms with Crippen molar-refractivity contribution in [2.75, 3.05) is 0 Å². The summed E-state index contributed by atoms with van der Waals surface area (Å²) in [5, 5.41) is 0. The molecule has 3 rings (SSSR count). The summed E-state index contributed by atoms with van der Waals surface area (Å²) in [6.45, 7) is 0.619. The molecule has 1 aliphatic rings. The maximum Gasteiger partial charge on any atom is 0.242 e. The average molecular weight is 337 g/mol. The number of amides is 1. The molecule has 2 atom stereocenters. The molecule has 1 amide bonds. The molecule has 5 heteroatoms. The Morgan fingerprint density at radius 3 is 2.58 bits per heavy atom. The van der Waals surface area contributed by atoms with Crippen LogP contribution in [0.25, 0.3) is 0 Å². The van der Waals surface area contributed by atoms with E-state index in [9.17, 15) is 4.79 Å². The highest BCUT2D eigenvalue weighted by Crippen LogP contribution is 2.39. The lowest BCUT2D eigenvalue weighted by Crippen LogP contribution is -2.62. The number of likely N-dealkylation sites (tertiary alicyclic amines) is 1. The third kappa shape index (κ3) is 2.33. The molecule has 0 aliphatic carbocycles. The number of thiophene rings is 1. The van der Waals surface area contributed by atoms with E-state index in [0.717, 1.165) is 14.2 Å². The molecule has 0 bridgehead atoms. The number of carbonyl (C=O) groups is 1. The molecule has 98 valence electrons. The number of rotatable bonds is 3. The van der Waals surface area contributed by atoms with Gasteiger partial charge in [-0.25, -0.2) is 0 Å². The lowest BCUT2D eigenvalue weighted by molar-refractivity contribution is -0.150. The van der Waals surface area contributed by atoms with Crippen LogP contribution in [0.4, 0.5) is 0 Å². The summed E-state index contributed by atoms with van der Waals surface area (Å²) in [5.74, 6) is 0.0263. The molecule has 0 unspecified atom stereocenters. The van der Waals surface area contributed by atoms with Gasteiger partial charge in [-0.1, -0.05) is 30.3 Å². The second kappa shape index (κ2) is 5.07. The molecule has 1 saturated heterocycles. The Bertz CT molecular complexity index is 599. The van der Waals surface area contributed by atoms with Crippen molar-refractivity contribution in [1.29, 1.82) is 0 Å². The maximum atomic E-state index is 12.0. The van der Waals surface area contributed by atoms with Gasteiger partial charge in [-0.05, 0) is 33.6 Å². The van der Waals surface area contributed by atoms with Crippen LogP contribution >= 0.6 is 27.3 Å². The lowest BCUT2D eigenvalue weighted by Gasteiger charge is -2.45. The van der Waals surface area contributed by atoms with Crippen LogP contribution in [0.15, 0.2) is 46.3 Å². The van der Waals surface area contributed by atoms with Gasteiger partial charge >= 0.3 is 0 Å². The summed E-state index contributed by atoms with van der Waals surface area (Å²) >= 11 is 5.08. The molecule has 2 N–H and O–H groups in total. The molecule has 3 nitrogen and oxygen atoms in total. The number of hydrogen-bond donors (Lipinski definition) is 1. The van der Waals surface area contributed by atoms with E-state index in [1.807, 2.05) is 47.4 Å². The number of halogens is 1. The van der Waals surface area contributed by atoms with Gasteiger partial charge in [-0.2, -0.15) is 0 Å². The predicted molar refractivity (Wildman–Crippen MR) is 79.7 cm³/mol. The Kier molecular flexibility index (Phi) is 3.43. The van der Waals surface area contributed by atoms with Crippen molar-refractivity contribution in [3.63, 3.8) is 0 Å². The second-order valence-corrected chi connectivity index (χ2v) is 7.06. The molecule has 0 saturated carbocycles. The van der Waals surface area contributed by atoms with E-state index in [-0.39, 0.29) is 11.9 Å². The minimum Gasteiger partial charge on any atom is -0.327 e. The molecule has 1 fully saturated rings. The van der Waals surface area contributed by atoms with Crippen molar-refractivity contribution in [2.24, 2.45) is 5.73 Å². The van der Waals surface area contributed by atoms with Gasteiger partial charge in [-0.15, -0.1) is 11.3 Å². The Morgan fingerprint density at radius 1 is 1.21 bits per heavy atom. The van der Waals surface area contributed by atoms with Crippen molar-refractivity contribution >= 4 is 33.2 Å². The Labute approximate surface area is 124 Å². The fraction of sp³-hybridized carbons (Fsp3) is 0.214. The summed E-state index contributed by atoms with van der Waals surface area (Å²) in [7, 11) is 0. The SMILES string of the molecule is N[C@@H]1C(=O)N(Cc2ccccc2)[C@H]1c1ccc(Br)s1. The Morgan fingerprint density at radius 2 is 1.95 bits per heavy atom. The standard InChI is InChI=1S/C14H13BrN2OS/c15-11-7-6-10(19-11)13-12(16)14(18)17(13)8-9-4-2-1-3-5-9/h1-7,12-13H,8,16H2/t12-,13-/m0/s1. The van der Waals surface area contributed by atoms with Crippen LogP contribution in [0.5, 0.6) is 0 Å². The van der Waals surface area contributed by atoms with E-state index < -0.39 is 6.04 Å². The van der Waals surface area contributed by atoms with Crippen molar-refractivity contribution in [3.8, 4) is 0 Å². The largest absolute Gasteiger partial charge is 0.327 e. The fourth-order valence-corrected chi connectivity index (χ4v) is 3.93. The Balaban J connectivity index is 1.82. The first-order valence-electron chi connectivity index (χ1n) is 6.02. The van der Waals surface area contributed by atoms with Gasteiger partial charge < -0.3 is 10.6 Å². The smallest absolute Gasteiger partial charge is 0.242 e. The first-order valence-corrected chi connectivity index (χ1v) is 7.63. The third-order valence-electron chi connectivity index (χ3n) is 3.33. The van der Waals surface area contributed by atoms with E-state index in [1.165, 1.54) is 0 Å². The van der Waals surface area contributed by atoms with Crippen LogP contribution in [-0.4, -0.2) is 16.8 Å². The van der Waals surface area contributed by atoms with Crippen molar-refractivity contribution in [2.45, 2.75) is 18.6 Å². The highest BCUT2D eigenvalue weighted by Gasteiger charge is 2.46. The minimum absolute atomic E-state index is 0.00371. The fourth-order valence-electron chi connectivity index (χ4n) is 2.35. The van der Waals surface area contributed by atoms with E-state index in [4.69, 9.17) is 5.73 Å². The topological polar surface area (TPSA) is 46.3 Å². The van der Waals surface area contributed by atoms with Crippen molar-refractivity contribution in [1.82, 2.24) is 4.90 Å². The normalized spacial score (nSPS) is 22.4. The maximum absolute atomic E-state index is 12.0. The van der Waals surface area contributed by atoms with Crippen LogP contribution in [-0.2, 0) is 11.3 Å². The summed E-state index contributed by atoms with van der Waals surface area (Å²) in [6, 6.07) is 13.6. The van der Waals surface area contributed by atoms with Crippen molar-refractivity contribution < 1.29 is 4.79 Å². The van der Waals surface area contributed by atoms with Crippen molar-refractivity contribution in [3.05, 3.63) is 56.7 Å². The molecule has 0 spiro atoms. The molecule has 1 aromatic carbocycles. The van der Waals surface area contributed by atoms with Gasteiger partial charge in [0.25, 0.3) is 0 Å². The number of hydrogen-bond acceptors (Lipinski definition) is 3. The molecule has 1 aromatic heterocycles. The van der Waals surface area contributed by atoms with Gasteiger partial charge in [0, 0.05) is 11.4 Å². The summed E-state index contributed by atoms with van der Waals surface area (Å²) in [6.07, 6.45) is 0. The van der Waals surface area contributed by atoms with Gasteiger partial charge in [-0.3, -0.25) is 4.79 Å². The number of β-lactam (4-membered cyclic amide) rings is 1. The van der Waals surface area contributed by atoms with E-state index >= 15 is 0 Å². The summed E-state index contributed by atoms with van der Waals surface area (Å²) in [4.78, 5) is 14.9.